The number of piperazine rings is 1. The summed E-state index contributed by atoms with van der Waals surface area (Å²) in [5.74, 6) is 0.208. The number of hydrogen-bond acceptors (Lipinski definition) is 3. The van der Waals surface area contributed by atoms with E-state index < -0.39 is 0 Å². The van der Waals surface area contributed by atoms with Crippen LogP contribution in [0.4, 0.5) is 0 Å². The van der Waals surface area contributed by atoms with Gasteiger partial charge in [-0.25, -0.2) is 0 Å². The van der Waals surface area contributed by atoms with Crippen LogP contribution in [0, 0.1) is 13.8 Å². The van der Waals surface area contributed by atoms with Gasteiger partial charge in [0.2, 0.25) is 0 Å². The van der Waals surface area contributed by atoms with Gasteiger partial charge >= 0.3 is 0 Å². The minimum absolute atomic E-state index is 0.0488. The van der Waals surface area contributed by atoms with Crippen LogP contribution in [0.15, 0.2) is 34.8 Å². The van der Waals surface area contributed by atoms with Gasteiger partial charge in [-0.1, -0.05) is 22.0 Å². The first kappa shape index (κ1) is 20.8. The molecule has 3 rings (SSSR count). The molecule has 1 aromatic carbocycles. The Morgan fingerprint density at radius 3 is 2.32 bits per heavy atom. The molecule has 1 aliphatic heterocycles. The maximum Gasteiger partial charge on any atom is 0.253 e. The molecule has 1 aliphatic rings. The van der Waals surface area contributed by atoms with Gasteiger partial charge in [0.15, 0.2) is 5.78 Å². The molecule has 2 aromatic rings. The number of halogens is 1. The highest BCUT2D eigenvalue weighted by atomic mass is 79.9. The predicted octanol–water partition coefficient (Wildman–Crippen LogP) is 4.09. The smallest absolute Gasteiger partial charge is 0.253 e. The van der Waals surface area contributed by atoms with Crippen LogP contribution in [0.25, 0.3) is 0 Å². The van der Waals surface area contributed by atoms with E-state index in [4.69, 9.17) is 0 Å². The molecule has 0 unspecified atom stereocenters. The summed E-state index contributed by atoms with van der Waals surface area (Å²) in [6.07, 6.45) is 0. The van der Waals surface area contributed by atoms with E-state index in [0.29, 0.717) is 44.3 Å². The van der Waals surface area contributed by atoms with Gasteiger partial charge in [-0.2, -0.15) is 0 Å². The fourth-order valence-corrected chi connectivity index (χ4v) is 4.45. The molecule has 28 heavy (non-hydrogen) atoms. The Kier molecular flexibility index (Phi) is 6.40. The summed E-state index contributed by atoms with van der Waals surface area (Å²) in [7, 11) is 0. The number of ketones is 1. The largest absolute Gasteiger partial charge is 0.346 e. The lowest BCUT2D eigenvalue weighted by molar-refractivity contribution is 0.0624. The molecule has 1 fully saturated rings. The topological polar surface area (TPSA) is 45.6 Å². The minimum atomic E-state index is 0.0488. The summed E-state index contributed by atoms with van der Waals surface area (Å²) in [6.45, 7) is 11.5. The molecular weight excluding hydrogens is 418 g/mol. The quantitative estimate of drug-likeness (QED) is 0.650. The van der Waals surface area contributed by atoms with Crippen molar-refractivity contribution in [3.8, 4) is 0 Å². The highest BCUT2D eigenvalue weighted by Gasteiger charge is 2.25. The fraction of sp³-hybridized carbons (Fsp3) is 0.455. The molecule has 0 bridgehead atoms. The summed E-state index contributed by atoms with van der Waals surface area (Å²) in [5.41, 5.74) is 3.68. The molecule has 150 valence electrons. The maximum absolute atomic E-state index is 12.9. The molecule has 0 radical (unpaired) electrons. The van der Waals surface area contributed by atoms with Crippen molar-refractivity contribution in [1.29, 1.82) is 0 Å². The van der Waals surface area contributed by atoms with Gasteiger partial charge in [0.1, 0.15) is 0 Å². The molecule has 1 amide bonds. The van der Waals surface area contributed by atoms with Crippen LogP contribution in [0.3, 0.4) is 0 Å². The monoisotopic (exact) mass is 445 g/mol. The third-order valence-corrected chi connectivity index (χ3v) is 5.89. The van der Waals surface area contributed by atoms with E-state index in [0.717, 1.165) is 21.4 Å². The number of aromatic nitrogens is 1. The van der Waals surface area contributed by atoms with E-state index >= 15 is 0 Å². The van der Waals surface area contributed by atoms with Crippen LogP contribution in [-0.2, 0) is 0 Å². The molecule has 0 spiro atoms. The van der Waals surface area contributed by atoms with Gasteiger partial charge in [0, 0.05) is 59.2 Å². The van der Waals surface area contributed by atoms with Crippen LogP contribution in [0.1, 0.15) is 52.0 Å². The third kappa shape index (κ3) is 4.39. The van der Waals surface area contributed by atoms with E-state index in [1.807, 2.05) is 42.2 Å². The second-order valence-corrected chi connectivity index (χ2v) is 8.67. The summed E-state index contributed by atoms with van der Waals surface area (Å²) in [6, 6.07) is 9.83. The van der Waals surface area contributed by atoms with Crippen molar-refractivity contribution >= 4 is 27.6 Å². The number of carbonyl (C=O) groups excluding carboxylic acids is 2. The van der Waals surface area contributed by atoms with Crippen LogP contribution in [-0.4, -0.2) is 58.8 Å². The Morgan fingerprint density at radius 2 is 1.75 bits per heavy atom. The lowest BCUT2D eigenvalue weighted by Crippen LogP contribution is -2.49. The van der Waals surface area contributed by atoms with Gasteiger partial charge in [-0.05, 0) is 52.0 Å². The fourth-order valence-electron chi connectivity index (χ4n) is 4.06. The number of hydrogen-bond donors (Lipinski definition) is 0. The first-order valence-electron chi connectivity index (χ1n) is 9.76. The number of rotatable bonds is 5. The summed E-state index contributed by atoms with van der Waals surface area (Å²) in [4.78, 5) is 29.5. The Labute approximate surface area is 175 Å². The molecule has 5 nitrogen and oxygen atoms in total. The molecule has 1 saturated heterocycles. The second kappa shape index (κ2) is 8.62. The third-order valence-electron chi connectivity index (χ3n) is 5.40. The van der Waals surface area contributed by atoms with Crippen molar-refractivity contribution in [3.05, 3.63) is 57.3 Å². The first-order chi connectivity index (χ1) is 13.3. The number of aryl methyl sites for hydroxylation is 1. The first-order valence-corrected chi connectivity index (χ1v) is 10.6. The van der Waals surface area contributed by atoms with Crippen molar-refractivity contribution in [2.45, 2.75) is 33.7 Å². The zero-order chi connectivity index (χ0) is 20.4. The van der Waals surface area contributed by atoms with Gasteiger partial charge in [0.25, 0.3) is 5.91 Å². The van der Waals surface area contributed by atoms with Gasteiger partial charge in [-0.3, -0.25) is 14.5 Å². The van der Waals surface area contributed by atoms with Crippen molar-refractivity contribution in [1.82, 2.24) is 14.4 Å². The summed E-state index contributed by atoms with van der Waals surface area (Å²) < 4.78 is 3.11. The van der Waals surface area contributed by atoms with Crippen LogP contribution in [0.5, 0.6) is 0 Å². The average molecular weight is 446 g/mol. The second-order valence-electron chi connectivity index (χ2n) is 7.75. The van der Waals surface area contributed by atoms with E-state index in [-0.39, 0.29) is 11.7 Å². The maximum atomic E-state index is 12.9. The Bertz CT molecular complexity index is 880. The van der Waals surface area contributed by atoms with Crippen LogP contribution < -0.4 is 0 Å². The Hall–Kier alpha value is -1.92. The summed E-state index contributed by atoms with van der Waals surface area (Å²) in [5, 5.41) is 0. The Morgan fingerprint density at radius 1 is 1.07 bits per heavy atom. The number of carbonyl (C=O) groups is 2. The molecule has 1 aromatic heterocycles. The number of nitrogens with zero attached hydrogens (tertiary/aromatic N) is 3. The molecule has 0 N–H and O–H groups in total. The van der Waals surface area contributed by atoms with Crippen molar-refractivity contribution in [3.63, 3.8) is 0 Å². The van der Waals surface area contributed by atoms with Gasteiger partial charge in [0.05, 0.1) is 6.54 Å². The lowest BCUT2D eigenvalue weighted by Gasteiger charge is -2.34. The molecule has 6 heteroatoms. The molecule has 0 aliphatic carbocycles. The molecule has 0 saturated carbocycles. The van der Waals surface area contributed by atoms with Gasteiger partial charge in [-0.15, -0.1) is 0 Å². The number of benzene rings is 1. The predicted molar refractivity (Wildman–Crippen MR) is 115 cm³/mol. The Balaban J connectivity index is 1.59. The highest BCUT2D eigenvalue weighted by Crippen LogP contribution is 2.21. The SMILES string of the molecule is Cc1cc(C(=O)CN2CCN(C(=O)c3cccc(Br)c3)CC2)c(C)n1C(C)C. The molecular formula is C22H28BrN3O2. The van der Waals surface area contributed by atoms with E-state index in [1.54, 1.807) is 0 Å². The molecule has 2 heterocycles. The zero-order valence-electron chi connectivity index (χ0n) is 17.0. The van der Waals surface area contributed by atoms with Crippen molar-refractivity contribution < 1.29 is 9.59 Å². The number of Topliss-reactive ketones (excluding diaryl/α,β-unsaturated/α-hetero) is 1. The normalized spacial score (nSPS) is 15.3. The van der Waals surface area contributed by atoms with E-state index in [9.17, 15) is 9.59 Å². The van der Waals surface area contributed by atoms with E-state index in [2.05, 4.69) is 46.2 Å². The highest BCUT2D eigenvalue weighted by molar-refractivity contribution is 9.10. The average Bonchev–Trinajstić information content (AvgIpc) is 2.96. The number of amides is 1. The minimum Gasteiger partial charge on any atom is -0.346 e. The summed E-state index contributed by atoms with van der Waals surface area (Å²) >= 11 is 3.42. The molecule has 0 atom stereocenters. The zero-order valence-corrected chi connectivity index (χ0v) is 18.6. The lowest BCUT2D eigenvalue weighted by atomic mass is 10.1. The van der Waals surface area contributed by atoms with Gasteiger partial charge < -0.3 is 9.47 Å². The van der Waals surface area contributed by atoms with E-state index in [1.165, 1.54) is 0 Å². The van der Waals surface area contributed by atoms with Crippen molar-refractivity contribution in [2.75, 3.05) is 32.7 Å². The van der Waals surface area contributed by atoms with Crippen LogP contribution >= 0.6 is 15.9 Å². The van der Waals surface area contributed by atoms with Crippen LogP contribution in [0.2, 0.25) is 0 Å². The van der Waals surface area contributed by atoms with Crippen molar-refractivity contribution in [2.24, 2.45) is 0 Å². The standard InChI is InChI=1S/C22H28BrN3O2/c1-15(2)26-16(3)12-20(17(26)4)21(27)14-24-8-10-25(11-9-24)22(28)18-6-5-7-19(23)13-18/h5-7,12-13,15H,8-11,14H2,1-4H3.